The van der Waals surface area contributed by atoms with Gasteiger partial charge < -0.3 is 20.1 Å². The van der Waals surface area contributed by atoms with Crippen LogP contribution in [0.5, 0.6) is 11.5 Å². The first-order chi connectivity index (χ1) is 18.4. The lowest BCUT2D eigenvalue weighted by Gasteiger charge is -2.15. The van der Waals surface area contributed by atoms with E-state index >= 15 is 0 Å². The van der Waals surface area contributed by atoms with E-state index < -0.39 is 36.1 Å². The molecular formula is C29H29F3N2O5. The third kappa shape index (κ3) is 9.17. The van der Waals surface area contributed by atoms with Crippen molar-refractivity contribution in [1.29, 1.82) is 0 Å². The van der Waals surface area contributed by atoms with Gasteiger partial charge in [0.1, 0.15) is 11.5 Å². The molecule has 2 N–H and O–H groups in total. The van der Waals surface area contributed by atoms with E-state index in [0.29, 0.717) is 11.4 Å². The van der Waals surface area contributed by atoms with Crippen LogP contribution in [-0.2, 0) is 25.3 Å². The fourth-order valence-electron chi connectivity index (χ4n) is 3.57. The van der Waals surface area contributed by atoms with Gasteiger partial charge in [0.05, 0.1) is 12.0 Å². The highest BCUT2D eigenvalue weighted by Gasteiger charge is 2.30. The minimum absolute atomic E-state index is 0.0825. The molecular weight excluding hydrogens is 513 g/mol. The van der Waals surface area contributed by atoms with Crippen LogP contribution in [0.1, 0.15) is 49.3 Å². The molecule has 0 spiro atoms. The van der Waals surface area contributed by atoms with Crippen LogP contribution in [0.15, 0.2) is 66.7 Å². The van der Waals surface area contributed by atoms with E-state index in [4.69, 9.17) is 9.47 Å². The van der Waals surface area contributed by atoms with Crippen LogP contribution in [0.3, 0.4) is 0 Å². The van der Waals surface area contributed by atoms with E-state index in [1.165, 1.54) is 6.07 Å². The molecule has 0 heterocycles. The van der Waals surface area contributed by atoms with Crippen molar-refractivity contribution in [3.63, 3.8) is 0 Å². The third-order valence-electron chi connectivity index (χ3n) is 5.55. The SMILES string of the molecule is Cc1ccc(C(C)C)c(Oc2ccc(NC(=O)CCC(=O)OCC(=O)Nc3cccc(C(F)(F)F)c3)cc2)c1. The number of nitrogens with one attached hydrogen (secondary N) is 2. The van der Waals surface area contributed by atoms with Crippen molar-refractivity contribution >= 4 is 29.2 Å². The maximum absolute atomic E-state index is 12.8. The van der Waals surface area contributed by atoms with Gasteiger partial charge in [-0.15, -0.1) is 0 Å². The molecule has 39 heavy (non-hydrogen) atoms. The minimum atomic E-state index is -4.55. The number of rotatable bonds is 10. The summed E-state index contributed by atoms with van der Waals surface area (Å²) < 4.78 is 49.2. The summed E-state index contributed by atoms with van der Waals surface area (Å²) in [4.78, 5) is 36.0. The second kappa shape index (κ2) is 12.9. The molecule has 0 radical (unpaired) electrons. The third-order valence-corrected chi connectivity index (χ3v) is 5.55. The van der Waals surface area contributed by atoms with Crippen molar-refractivity contribution in [2.24, 2.45) is 0 Å². The van der Waals surface area contributed by atoms with Crippen LogP contribution < -0.4 is 15.4 Å². The van der Waals surface area contributed by atoms with Crippen molar-refractivity contribution in [1.82, 2.24) is 0 Å². The van der Waals surface area contributed by atoms with Crippen molar-refractivity contribution in [2.45, 2.75) is 45.7 Å². The van der Waals surface area contributed by atoms with E-state index in [9.17, 15) is 27.6 Å². The van der Waals surface area contributed by atoms with Gasteiger partial charge in [-0.05, 0) is 72.5 Å². The molecule has 0 atom stereocenters. The van der Waals surface area contributed by atoms with E-state index in [1.807, 2.05) is 25.1 Å². The van der Waals surface area contributed by atoms with Crippen molar-refractivity contribution < 1.29 is 37.0 Å². The minimum Gasteiger partial charge on any atom is -0.457 e. The number of amides is 2. The lowest BCUT2D eigenvalue weighted by atomic mass is 10.0. The standard InChI is InChI=1S/C29H29F3N2O5/c1-18(2)24-12-7-19(3)15-25(24)39-23-10-8-21(9-11-23)33-26(35)13-14-28(37)38-17-27(36)34-22-6-4-5-20(16-22)29(30,31)32/h4-12,15-16,18H,13-14,17H2,1-3H3,(H,33,35)(H,34,36). The Morgan fingerprint density at radius 3 is 2.21 bits per heavy atom. The second-order valence-electron chi connectivity index (χ2n) is 9.16. The highest BCUT2D eigenvalue weighted by atomic mass is 19.4. The molecule has 0 aliphatic rings. The molecule has 3 rings (SSSR count). The average Bonchev–Trinajstić information content (AvgIpc) is 2.87. The molecule has 7 nitrogen and oxygen atoms in total. The number of esters is 1. The number of aryl methyl sites for hydroxylation is 1. The van der Waals surface area contributed by atoms with Gasteiger partial charge in [-0.1, -0.05) is 32.0 Å². The highest BCUT2D eigenvalue weighted by Crippen LogP contribution is 2.32. The Morgan fingerprint density at radius 1 is 0.846 bits per heavy atom. The number of carbonyl (C=O) groups excluding carboxylic acids is 3. The van der Waals surface area contributed by atoms with Crippen molar-refractivity contribution in [3.8, 4) is 11.5 Å². The van der Waals surface area contributed by atoms with E-state index in [-0.39, 0.29) is 24.4 Å². The molecule has 206 valence electrons. The number of hydrogen-bond donors (Lipinski definition) is 2. The molecule has 3 aromatic carbocycles. The highest BCUT2D eigenvalue weighted by molar-refractivity contribution is 5.94. The summed E-state index contributed by atoms with van der Waals surface area (Å²) in [5.74, 6) is -0.380. The summed E-state index contributed by atoms with van der Waals surface area (Å²) in [6.07, 6.45) is -5.02. The predicted molar refractivity (Wildman–Crippen MR) is 141 cm³/mol. The fraction of sp³-hybridized carbons (Fsp3) is 0.276. The summed E-state index contributed by atoms with van der Waals surface area (Å²) in [5.41, 5.74) is 1.67. The van der Waals surface area contributed by atoms with Crippen molar-refractivity contribution in [3.05, 3.63) is 83.4 Å². The van der Waals surface area contributed by atoms with Gasteiger partial charge in [0, 0.05) is 17.8 Å². The summed E-state index contributed by atoms with van der Waals surface area (Å²) in [6.45, 7) is 5.46. The summed E-state index contributed by atoms with van der Waals surface area (Å²) in [5, 5.41) is 4.90. The topological polar surface area (TPSA) is 93.7 Å². The molecule has 0 unspecified atom stereocenters. The summed E-state index contributed by atoms with van der Waals surface area (Å²) in [6, 6.07) is 16.9. The lowest BCUT2D eigenvalue weighted by Crippen LogP contribution is -2.22. The number of alkyl halides is 3. The zero-order valence-corrected chi connectivity index (χ0v) is 21.7. The lowest BCUT2D eigenvalue weighted by molar-refractivity contribution is -0.147. The quantitative estimate of drug-likeness (QED) is 0.274. The Kier molecular flexibility index (Phi) is 9.70. The predicted octanol–water partition coefficient (Wildman–Crippen LogP) is 6.83. The molecule has 0 aromatic heterocycles. The van der Waals surface area contributed by atoms with Gasteiger partial charge in [-0.2, -0.15) is 13.2 Å². The molecule has 0 saturated carbocycles. The second-order valence-corrected chi connectivity index (χ2v) is 9.16. The maximum Gasteiger partial charge on any atom is 0.416 e. The largest absolute Gasteiger partial charge is 0.457 e. The van der Waals surface area contributed by atoms with E-state index in [2.05, 4.69) is 24.5 Å². The van der Waals surface area contributed by atoms with E-state index in [1.54, 1.807) is 24.3 Å². The molecule has 0 aliphatic carbocycles. The molecule has 0 fully saturated rings. The monoisotopic (exact) mass is 542 g/mol. The number of ether oxygens (including phenoxy) is 2. The van der Waals surface area contributed by atoms with Gasteiger partial charge in [0.25, 0.3) is 5.91 Å². The zero-order chi connectivity index (χ0) is 28.6. The Bertz CT molecular complexity index is 1320. The Hall–Kier alpha value is -4.34. The zero-order valence-electron chi connectivity index (χ0n) is 21.7. The van der Waals surface area contributed by atoms with Crippen LogP contribution in [-0.4, -0.2) is 24.4 Å². The van der Waals surface area contributed by atoms with Gasteiger partial charge in [-0.3, -0.25) is 14.4 Å². The van der Waals surface area contributed by atoms with Crippen LogP contribution >= 0.6 is 0 Å². The Morgan fingerprint density at radius 2 is 1.54 bits per heavy atom. The van der Waals surface area contributed by atoms with Crippen LogP contribution in [0.4, 0.5) is 24.5 Å². The van der Waals surface area contributed by atoms with Crippen LogP contribution in [0.2, 0.25) is 0 Å². The average molecular weight is 543 g/mol. The first-order valence-electron chi connectivity index (χ1n) is 12.2. The number of halogens is 3. The first kappa shape index (κ1) is 29.2. The normalized spacial score (nSPS) is 11.2. The van der Waals surface area contributed by atoms with Crippen LogP contribution in [0.25, 0.3) is 0 Å². The van der Waals surface area contributed by atoms with Gasteiger partial charge >= 0.3 is 12.1 Å². The molecule has 2 amide bonds. The fourth-order valence-corrected chi connectivity index (χ4v) is 3.57. The van der Waals surface area contributed by atoms with Crippen molar-refractivity contribution in [2.75, 3.05) is 17.2 Å². The first-order valence-corrected chi connectivity index (χ1v) is 12.2. The molecule has 10 heteroatoms. The Labute approximate surface area is 224 Å². The molecule has 0 aliphatic heterocycles. The summed E-state index contributed by atoms with van der Waals surface area (Å²) >= 11 is 0. The maximum atomic E-state index is 12.8. The molecule has 0 bridgehead atoms. The van der Waals surface area contributed by atoms with Gasteiger partial charge in [0.2, 0.25) is 5.91 Å². The van der Waals surface area contributed by atoms with Gasteiger partial charge in [0.15, 0.2) is 6.61 Å². The Balaban J connectivity index is 1.42. The number of anilines is 2. The van der Waals surface area contributed by atoms with Gasteiger partial charge in [-0.25, -0.2) is 0 Å². The summed E-state index contributed by atoms with van der Waals surface area (Å²) in [7, 11) is 0. The smallest absolute Gasteiger partial charge is 0.416 e. The van der Waals surface area contributed by atoms with E-state index in [0.717, 1.165) is 35.1 Å². The number of hydrogen-bond acceptors (Lipinski definition) is 5. The molecule has 0 saturated heterocycles. The number of benzene rings is 3. The number of carbonyl (C=O) groups is 3. The molecule has 3 aromatic rings. The van der Waals surface area contributed by atoms with Crippen LogP contribution in [0, 0.1) is 6.92 Å².